The molecule has 3 aliphatic rings. The smallest absolute Gasteiger partial charge is 0.227 e. The highest BCUT2D eigenvalue weighted by molar-refractivity contribution is 5.95. The van der Waals surface area contributed by atoms with E-state index in [1.54, 1.807) is 0 Å². The zero-order valence-electron chi connectivity index (χ0n) is 15.1. The van der Waals surface area contributed by atoms with Crippen LogP contribution in [0.2, 0.25) is 0 Å². The number of hydrogen-bond acceptors (Lipinski definition) is 4. The summed E-state index contributed by atoms with van der Waals surface area (Å²) < 4.78 is 0. The van der Waals surface area contributed by atoms with Crippen LogP contribution >= 0.6 is 0 Å². The molecule has 1 amide bonds. The number of rotatable bonds is 3. The minimum Gasteiger partial charge on any atom is -0.371 e. The molecule has 4 rings (SSSR count). The van der Waals surface area contributed by atoms with E-state index in [1.165, 1.54) is 31.6 Å². The van der Waals surface area contributed by atoms with Crippen LogP contribution in [-0.4, -0.2) is 55.6 Å². The molecule has 3 fully saturated rings. The summed E-state index contributed by atoms with van der Waals surface area (Å²) in [5.41, 5.74) is 8.36. The Bertz CT molecular complexity index is 586. The molecule has 0 bridgehead atoms. The number of nitrogens with two attached hydrogens (primary N) is 1. The van der Waals surface area contributed by atoms with Crippen LogP contribution in [0.25, 0.3) is 0 Å². The van der Waals surface area contributed by atoms with Gasteiger partial charge < -0.3 is 20.4 Å². The van der Waals surface area contributed by atoms with Crippen molar-refractivity contribution < 1.29 is 4.79 Å². The Balaban J connectivity index is 1.32. The molecular weight excluding hydrogens is 312 g/mol. The second kappa shape index (κ2) is 7.34. The number of anilines is 2. The fourth-order valence-corrected chi connectivity index (χ4v) is 4.54. The summed E-state index contributed by atoms with van der Waals surface area (Å²) in [6.07, 6.45) is 6.45. The van der Waals surface area contributed by atoms with Gasteiger partial charge in [-0.05, 0) is 69.5 Å². The molecule has 1 aromatic carbocycles. The third kappa shape index (κ3) is 3.67. The Morgan fingerprint density at radius 3 is 2.08 bits per heavy atom. The number of amides is 1. The standard InChI is InChI=1S/C20H30N4O/c21-16-7-12-22(13-8-16)18-9-14-23(15-10-18)17-3-5-19(6-4-17)24-11-1-2-20(24)25/h3-6,16,18H,1-2,7-15,21H2. The fourth-order valence-electron chi connectivity index (χ4n) is 4.54. The lowest BCUT2D eigenvalue weighted by Gasteiger charge is -2.42. The average Bonchev–Trinajstić information content (AvgIpc) is 3.09. The van der Waals surface area contributed by atoms with E-state index in [9.17, 15) is 4.79 Å². The van der Waals surface area contributed by atoms with Crippen molar-refractivity contribution in [3.05, 3.63) is 24.3 Å². The first-order valence-corrected chi connectivity index (χ1v) is 9.86. The first-order chi connectivity index (χ1) is 12.2. The molecule has 0 saturated carbocycles. The van der Waals surface area contributed by atoms with Crippen molar-refractivity contribution in [1.29, 1.82) is 0 Å². The molecule has 0 atom stereocenters. The van der Waals surface area contributed by atoms with Crippen LogP contribution in [0.5, 0.6) is 0 Å². The van der Waals surface area contributed by atoms with E-state index in [1.807, 2.05) is 4.90 Å². The minimum absolute atomic E-state index is 0.259. The number of likely N-dealkylation sites (tertiary alicyclic amines) is 1. The van der Waals surface area contributed by atoms with Crippen LogP contribution in [0.1, 0.15) is 38.5 Å². The van der Waals surface area contributed by atoms with Gasteiger partial charge in [0.15, 0.2) is 0 Å². The molecule has 1 aromatic rings. The molecule has 5 nitrogen and oxygen atoms in total. The van der Waals surface area contributed by atoms with E-state index in [0.29, 0.717) is 12.5 Å². The quantitative estimate of drug-likeness (QED) is 0.915. The van der Waals surface area contributed by atoms with Gasteiger partial charge in [-0.15, -0.1) is 0 Å². The highest BCUT2D eigenvalue weighted by Gasteiger charge is 2.27. The van der Waals surface area contributed by atoms with Crippen molar-refractivity contribution in [3.63, 3.8) is 0 Å². The molecular formula is C20H30N4O. The lowest BCUT2D eigenvalue weighted by molar-refractivity contribution is -0.117. The molecule has 3 heterocycles. The van der Waals surface area contributed by atoms with Crippen molar-refractivity contribution in [2.24, 2.45) is 5.73 Å². The SMILES string of the molecule is NC1CCN(C2CCN(c3ccc(N4CCCC4=O)cc3)CC2)CC1. The van der Waals surface area contributed by atoms with E-state index in [0.717, 1.165) is 50.6 Å². The highest BCUT2D eigenvalue weighted by atomic mass is 16.2. The average molecular weight is 342 g/mol. The highest BCUT2D eigenvalue weighted by Crippen LogP contribution is 2.28. The zero-order valence-corrected chi connectivity index (χ0v) is 15.1. The van der Waals surface area contributed by atoms with E-state index >= 15 is 0 Å². The first kappa shape index (κ1) is 16.9. The van der Waals surface area contributed by atoms with E-state index in [4.69, 9.17) is 5.73 Å². The van der Waals surface area contributed by atoms with Gasteiger partial charge >= 0.3 is 0 Å². The topological polar surface area (TPSA) is 52.8 Å². The van der Waals surface area contributed by atoms with Crippen LogP contribution in [0, 0.1) is 0 Å². The molecule has 3 saturated heterocycles. The van der Waals surface area contributed by atoms with Crippen LogP contribution in [0.15, 0.2) is 24.3 Å². The normalized spacial score (nSPS) is 24.3. The number of piperidine rings is 2. The Morgan fingerprint density at radius 1 is 0.840 bits per heavy atom. The van der Waals surface area contributed by atoms with Crippen molar-refractivity contribution >= 4 is 17.3 Å². The van der Waals surface area contributed by atoms with Crippen LogP contribution in [0.4, 0.5) is 11.4 Å². The summed E-state index contributed by atoms with van der Waals surface area (Å²) in [7, 11) is 0. The monoisotopic (exact) mass is 342 g/mol. The van der Waals surface area contributed by atoms with Gasteiger partial charge in [0.2, 0.25) is 5.91 Å². The molecule has 136 valence electrons. The lowest BCUT2D eigenvalue weighted by Crippen LogP contribution is -2.49. The maximum Gasteiger partial charge on any atom is 0.227 e. The van der Waals surface area contributed by atoms with E-state index in [2.05, 4.69) is 34.1 Å². The number of benzene rings is 1. The molecule has 3 aliphatic heterocycles. The van der Waals surface area contributed by atoms with Crippen molar-refractivity contribution in [2.45, 2.75) is 50.6 Å². The molecule has 0 unspecified atom stereocenters. The molecule has 5 heteroatoms. The molecule has 0 radical (unpaired) electrons. The number of carbonyl (C=O) groups is 1. The second-order valence-corrected chi connectivity index (χ2v) is 7.76. The van der Waals surface area contributed by atoms with Gasteiger partial charge in [-0.1, -0.05) is 0 Å². The Kier molecular flexibility index (Phi) is 4.95. The van der Waals surface area contributed by atoms with Gasteiger partial charge in [-0.3, -0.25) is 4.79 Å². The third-order valence-corrected chi connectivity index (χ3v) is 6.16. The molecule has 0 aliphatic carbocycles. The largest absolute Gasteiger partial charge is 0.371 e. The first-order valence-electron chi connectivity index (χ1n) is 9.86. The number of nitrogens with zero attached hydrogens (tertiary/aromatic N) is 3. The van der Waals surface area contributed by atoms with Crippen molar-refractivity contribution in [2.75, 3.05) is 42.5 Å². The van der Waals surface area contributed by atoms with Crippen molar-refractivity contribution in [3.8, 4) is 0 Å². The van der Waals surface area contributed by atoms with Crippen LogP contribution < -0.4 is 15.5 Å². The predicted molar refractivity (Wildman–Crippen MR) is 102 cm³/mol. The lowest BCUT2D eigenvalue weighted by atomic mass is 9.98. The van der Waals surface area contributed by atoms with E-state index < -0.39 is 0 Å². The molecule has 25 heavy (non-hydrogen) atoms. The van der Waals surface area contributed by atoms with E-state index in [-0.39, 0.29) is 5.91 Å². The summed E-state index contributed by atoms with van der Waals surface area (Å²) >= 11 is 0. The zero-order chi connectivity index (χ0) is 17.2. The summed E-state index contributed by atoms with van der Waals surface area (Å²) in [6.45, 7) is 5.45. The van der Waals surface area contributed by atoms with Gasteiger partial charge in [0.1, 0.15) is 0 Å². The van der Waals surface area contributed by atoms with Gasteiger partial charge in [0.05, 0.1) is 0 Å². The van der Waals surface area contributed by atoms with Gasteiger partial charge in [0, 0.05) is 49.5 Å². The Hall–Kier alpha value is -1.59. The van der Waals surface area contributed by atoms with Crippen molar-refractivity contribution in [1.82, 2.24) is 4.90 Å². The Labute approximate surface area is 150 Å². The summed E-state index contributed by atoms with van der Waals surface area (Å²) in [5, 5.41) is 0. The molecule has 0 aromatic heterocycles. The third-order valence-electron chi connectivity index (χ3n) is 6.16. The van der Waals surface area contributed by atoms with Crippen LogP contribution in [-0.2, 0) is 4.79 Å². The number of hydrogen-bond donors (Lipinski definition) is 1. The summed E-state index contributed by atoms with van der Waals surface area (Å²) in [4.78, 5) is 18.9. The van der Waals surface area contributed by atoms with Gasteiger partial charge in [-0.25, -0.2) is 0 Å². The summed E-state index contributed by atoms with van der Waals surface area (Å²) in [5.74, 6) is 0.259. The number of carbonyl (C=O) groups excluding carboxylic acids is 1. The molecule has 2 N–H and O–H groups in total. The summed E-state index contributed by atoms with van der Waals surface area (Å²) in [6, 6.07) is 9.72. The Morgan fingerprint density at radius 2 is 1.48 bits per heavy atom. The fraction of sp³-hybridized carbons (Fsp3) is 0.650. The maximum atomic E-state index is 11.9. The molecule has 0 spiro atoms. The predicted octanol–water partition coefficient (Wildman–Crippen LogP) is 2.21. The van der Waals surface area contributed by atoms with Crippen LogP contribution in [0.3, 0.4) is 0 Å². The van der Waals surface area contributed by atoms with Gasteiger partial charge in [-0.2, -0.15) is 0 Å². The second-order valence-electron chi connectivity index (χ2n) is 7.76. The maximum absolute atomic E-state index is 11.9. The minimum atomic E-state index is 0.259. The van der Waals surface area contributed by atoms with Gasteiger partial charge in [0.25, 0.3) is 0 Å².